The molecular formula is C19H23N3O2S. The van der Waals surface area contributed by atoms with Crippen molar-refractivity contribution in [2.24, 2.45) is 4.40 Å². The Morgan fingerprint density at radius 2 is 1.48 bits per heavy atom. The van der Waals surface area contributed by atoms with Gasteiger partial charge in [0.05, 0.1) is 21.8 Å². The van der Waals surface area contributed by atoms with Crippen LogP contribution in [0.3, 0.4) is 0 Å². The fourth-order valence-electron chi connectivity index (χ4n) is 3.06. The third-order valence-corrected chi connectivity index (χ3v) is 6.11. The summed E-state index contributed by atoms with van der Waals surface area (Å²) in [5.41, 5.74) is 2.42. The largest absolute Gasteiger partial charge is 0.361 e. The van der Waals surface area contributed by atoms with Crippen molar-refractivity contribution >= 4 is 27.2 Å². The second kappa shape index (κ2) is 5.88. The molecule has 2 aromatic rings. The zero-order valence-electron chi connectivity index (χ0n) is 15.2. The van der Waals surface area contributed by atoms with Gasteiger partial charge in [0.1, 0.15) is 5.84 Å². The molecule has 0 atom stereocenters. The minimum absolute atomic E-state index is 0.205. The SMILES string of the molecule is Cc1ccc(S(=O)(=O)/N=C2\N(C)c3ccccc3N(C)C2(C)C)cc1. The van der Waals surface area contributed by atoms with Crippen molar-refractivity contribution in [2.75, 3.05) is 23.9 Å². The number of aryl methyl sites for hydroxylation is 1. The molecule has 1 aliphatic rings. The highest BCUT2D eigenvalue weighted by Gasteiger charge is 2.40. The molecule has 0 saturated heterocycles. The number of likely N-dealkylation sites (N-methyl/N-ethyl adjacent to an activating group) is 2. The lowest BCUT2D eigenvalue weighted by Crippen LogP contribution is -2.58. The van der Waals surface area contributed by atoms with Crippen LogP contribution < -0.4 is 9.80 Å². The maximum atomic E-state index is 12.8. The third kappa shape index (κ3) is 2.91. The number of hydrogen-bond acceptors (Lipinski definition) is 3. The van der Waals surface area contributed by atoms with E-state index in [1.165, 1.54) is 0 Å². The Labute approximate surface area is 149 Å². The average Bonchev–Trinajstić information content (AvgIpc) is 2.57. The van der Waals surface area contributed by atoms with Crippen LogP contribution in [0.25, 0.3) is 0 Å². The highest BCUT2D eigenvalue weighted by atomic mass is 32.2. The highest BCUT2D eigenvalue weighted by Crippen LogP contribution is 2.39. The standard InChI is InChI=1S/C19H23N3O2S/c1-14-10-12-15(13-11-14)25(23,24)20-18-19(2,3)22(5)17-9-7-6-8-16(17)21(18)4/h6-13H,1-5H3/b20-18-. The van der Waals surface area contributed by atoms with Gasteiger partial charge in [0.25, 0.3) is 10.0 Å². The summed E-state index contributed by atoms with van der Waals surface area (Å²) >= 11 is 0. The van der Waals surface area contributed by atoms with E-state index in [1.807, 2.05) is 64.0 Å². The molecule has 6 heteroatoms. The van der Waals surface area contributed by atoms with Crippen molar-refractivity contribution in [3.8, 4) is 0 Å². The zero-order valence-corrected chi connectivity index (χ0v) is 16.0. The van der Waals surface area contributed by atoms with Crippen LogP contribution in [0.5, 0.6) is 0 Å². The molecule has 0 spiro atoms. The average molecular weight is 357 g/mol. The normalized spacial score (nSPS) is 18.4. The molecule has 0 aliphatic carbocycles. The summed E-state index contributed by atoms with van der Waals surface area (Å²) in [7, 11) is 0.0294. The van der Waals surface area contributed by atoms with E-state index < -0.39 is 15.6 Å². The number of fused-ring (bicyclic) bond motifs is 1. The van der Waals surface area contributed by atoms with Crippen molar-refractivity contribution in [2.45, 2.75) is 31.2 Å². The van der Waals surface area contributed by atoms with Crippen LogP contribution in [0.2, 0.25) is 0 Å². The predicted octanol–water partition coefficient (Wildman–Crippen LogP) is 3.45. The van der Waals surface area contributed by atoms with Gasteiger partial charge in [-0.15, -0.1) is 4.40 Å². The van der Waals surface area contributed by atoms with Crippen LogP contribution in [0.4, 0.5) is 11.4 Å². The molecule has 1 aliphatic heterocycles. The molecule has 1 heterocycles. The lowest BCUT2D eigenvalue weighted by molar-refractivity contribution is 0.592. The fourth-order valence-corrected chi connectivity index (χ4v) is 4.22. The van der Waals surface area contributed by atoms with Gasteiger partial charge in [0.2, 0.25) is 0 Å². The van der Waals surface area contributed by atoms with Gasteiger partial charge >= 0.3 is 0 Å². The maximum Gasteiger partial charge on any atom is 0.284 e. The van der Waals surface area contributed by atoms with Crippen LogP contribution >= 0.6 is 0 Å². The minimum Gasteiger partial charge on any atom is -0.361 e. The summed E-state index contributed by atoms with van der Waals surface area (Å²) in [6, 6.07) is 14.7. The van der Waals surface area contributed by atoms with Crippen molar-refractivity contribution in [1.29, 1.82) is 0 Å². The van der Waals surface area contributed by atoms with E-state index in [0.29, 0.717) is 5.84 Å². The molecular weight excluding hydrogens is 334 g/mol. The van der Waals surface area contributed by atoms with Gasteiger partial charge in [-0.2, -0.15) is 8.42 Å². The molecule has 132 valence electrons. The molecule has 0 N–H and O–H groups in total. The molecule has 0 fully saturated rings. The van der Waals surface area contributed by atoms with Crippen molar-refractivity contribution < 1.29 is 8.42 Å². The van der Waals surface area contributed by atoms with E-state index in [2.05, 4.69) is 9.30 Å². The molecule has 5 nitrogen and oxygen atoms in total. The van der Waals surface area contributed by atoms with Gasteiger partial charge in [-0.05, 0) is 45.0 Å². The second-order valence-electron chi connectivity index (χ2n) is 6.87. The summed E-state index contributed by atoms with van der Waals surface area (Å²) < 4.78 is 29.9. The van der Waals surface area contributed by atoms with Crippen molar-refractivity contribution in [3.63, 3.8) is 0 Å². The number of anilines is 2. The quantitative estimate of drug-likeness (QED) is 0.826. The van der Waals surface area contributed by atoms with Crippen LogP contribution in [-0.2, 0) is 10.0 Å². The van der Waals surface area contributed by atoms with Crippen molar-refractivity contribution in [3.05, 3.63) is 54.1 Å². The first-order valence-electron chi connectivity index (χ1n) is 8.13. The zero-order chi connectivity index (χ0) is 18.4. The van der Waals surface area contributed by atoms with E-state index >= 15 is 0 Å². The molecule has 0 bridgehead atoms. The number of hydrogen-bond donors (Lipinski definition) is 0. The summed E-state index contributed by atoms with van der Waals surface area (Å²) in [5.74, 6) is 0.495. The Morgan fingerprint density at radius 1 is 0.920 bits per heavy atom. The summed E-state index contributed by atoms with van der Waals surface area (Å²) in [4.78, 5) is 4.13. The lowest BCUT2D eigenvalue weighted by atomic mass is 9.95. The summed E-state index contributed by atoms with van der Waals surface area (Å²) in [5, 5.41) is 0. The van der Waals surface area contributed by atoms with E-state index in [4.69, 9.17) is 0 Å². The third-order valence-electron chi connectivity index (χ3n) is 4.83. The number of nitrogens with zero attached hydrogens (tertiary/aromatic N) is 3. The van der Waals surface area contributed by atoms with Gasteiger partial charge in [-0.3, -0.25) is 0 Å². The van der Waals surface area contributed by atoms with Crippen LogP contribution in [-0.4, -0.2) is 33.9 Å². The second-order valence-corrected chi connectivity index (χ2v) is 8.47. The Morgan fingerprint density at radius 3 is 2.08 bits per heavy atom. The maximum absolute atomic E-state index is 12.8. The first-order valence-corrected chi connectivity index (χ1v) is 9.57. The van der Waals surface area contributed by atoms with E-state index in [-0.39, 0.29) is 4.90 Å². The van der Waals surface area contributed by atoms with Gasteiger partial charge in [0.15, 0.2) is 0 Å². The molecule has 0 radical (unpaired) electrons. The van der Waals surface area contributed by atoms with Crippen LogP contribution in [0.15, 0.2) is 57.8 Å². The first kappa shape index (κ1) is 17.5. The Bertz CT molecular complexity index is 931. The van der Waals surface area contributed by atoms with Crippen LogP contribution in [0, 0.1) is 6.92 Å². The van der Waals surface area contributed by atoms with E-state index in [9.17, 15) is 8.42 Å². The van der Waals surface area contributed by atoms with E-state index in [1.54, 1.807) is 24.3 Å². The molecule has 3 rings (SSSR count). The molecule has 0 unspecified atom stereocenters. The Kier molecular flexibility index (Phi) is 4.11. The minimum atomic E-state index is -3.79. The Balaban J connectivity index is 2.15. The lowest BCUT2D eigenvalue weighted by Gasteiger charge is -2.47. The number of benzene rings is 2. The molecule has 2 aromatic carbocycles. The van der Waals surface area contributed by atoms with Gasteiger partial charge in [-0.1, -0.05) is 29.8 Å². The smallest absolute Gasteiger partial charge is 0.284 e. The predicted molar refractivity (Wildman–Crippen MR) is 103 cm³/mol. The first-order chi connectivity index (χ1) is 11.6. The van der Waals surface area contributed by atoms with E-state index in [0.717, 1.165) is 16.9 Å². The summed E-state index contributed by atoms with van der Waals surface area (Å²) in [6.07, 6.45) is 0. The van der Waals surface area contributed by atoms with Gasteiger partial charge < -0.3 is 9.80 Å². The molecule has 0 aromatic heterocycles. The number of para-hydroxylation sites is 2. The molecule has 25 heavy (non-hydrogen) atoms. The fraction of sp³-hybridized carbons (Fsp3) is 0.316. The number of rotatable bonds is 2. The summed E-state index contributed by atoms with van der Waals surface area (Å²) in [6.45, 7) is 5.87. The monoisotopic (exact) mass is 357 g/mol. The molecule has 0 saturated carbocycles. The number of amidine groups is 1. The molecule has 0 amide bonds. The Hall–Kier alpha value is -2.34. The van der Waals surface area contributed by atoms with Crippen LogP contribution in [0.1, 0.15) is 19.4 Å². The number of sulfonamides is 1. The highest BCUT2D eigenvalue weighted by molar-refractivity contribution is 7.90. The topological polar surface area (TPSA) is 53.0 Å². The van der Waals surface area contributed by atoms with Gasteiger partial charge in [-0.25, -0.2) is 0 Å². The van der Waals surface area contributed by atoms with Crippen molar-refractivity contribution in [1.82, 2.24) is 0 Å². The van der Waals surface area contributed by atoms with Gasteiger partial charge in [0, 0.05) is 14.1 Å².